The predicted octanol–water partition coefficient (Wildman–Crippen LogP) is 4.28. The van der Waals surface area contributed by atoms with Gasteiger partial charge in [-0.3, -0.25) is 0 Å². The minimum absolute atomic E-state index is 0.473. The molecule has 0 spiro atoms. The molecule has 1 saturated carbocycles. The van der Waals surface area contributed by atoms with E-state index in [0.29, 0.717) is 12.0 Å². The van der Waals surface area contributed by atoms with Crippen LogP contribution < -0.4 is 5.32 Å². The Hall–Kier alpha value is -0.480. The van der Waals surface area contributed by atoms with Crippen molar-refractivity contribution in [2.75, 3.05) is 6.54 Å². The molecule has 1 fully saturated rings. The second-order valence-corrected chi connectivity index (χ2v) is 6.75. The van der Waals surface area contributed by atoms with Crippen molar-refractivity contribution in [1.29, 1.82) is 0 Å². The SMILES string of the molecule is CCNC(c1snnc1C(C)C)C1CCCCCC1. The molecule has 1 atom stereocenters. The molecule has 1 aliphatic rings. The van der Waals surface area contributed by atoms with E-state index in [2.05, 4.69) is 35.7 Å². The van der Waals surface area contributed by atoms with E-state index in [1.54, 1.807) is 11.5 Å². The fourth-order valence-electron chi connectivity index (χ4n) is 3.16. The summed E-state index contributed by atoms with van der Waals surface area (Å²) in [6, 6.07) is 0.473. The number of hydrogen-bond donors (Lipinski definition) is 1. The molecular weight excluding hydrogens is 254 g/mol. The van der Waals surface area contributed by atoms with Crippen LogP contribution in [0.5, 0.6) is 0 Å². The summed E-state index contributed by atoms with van der Waals surface area (Å²) >= 11 is 1.60. The van der Waals surface area contributed by atoms with Crippen molar-refractivity contribution in [3.63, 3.8) is 0 Å². The molecule has 0 amide bonds. The highest BCUT2D eigenvalue weighted by Crippen LogP contribution is 2.37. The van der Waals surface area contributed by atoms with Gasteiger partial charge in [0.1, 0.15) is 0 Å². The average molecular weight is 281 g/mol. The highest BCUT2D eigenvalue weighted by Gasteiger charge is 2.28. The molecule has 1 heterocycles. The predicted molar refractivity (Wildman–Crippen MR) is 81.6 cm³/mol. The molecule has 0 saturated heterocycles. The zero-order valence-corrected chi connectivity index (χ0v) is 13.3. The first-order valence-corrected chi connectivity index (χ1v) is 8.56. The zero-order chi connectivity index (χ0) is 13.7. The minimum atomic E-state index is 0.473. The van der Waals surface area contributed by atoms with Crippen LogP contribution in [0.4, 0.5) is 0 Å². The van der Waals surface area contributed by atoms with E-state index in [1.807, 2.05) is 0 Å². The van der Waals surface area contributed by atoms with Gasteiger partial charge in [0.2, 0.25) is 0 Å². The lowest BCUT2D eigenvalue weighted by Gasteiger charge is -2.26. The number of nitrogens with one attached hydrogen (secondary N) is 1. The van der Waals surface area contributed by atoms with Crippen molar-refractivity contribution < 1.29 is 0 Å². The van der Waals surface area contributed by atoms with Crippen LogP contribution in [-0.4, -0.2) is 16.1 Å². The Labute approximate surface area is 121 Å². The lowest BCUT2D eigenvalue weighted by molar-refractivity contribution is 0.332. The van der Waals surface area contributed by atoms with E-state index in [0.717, 1.165) is 12.5 Å². The second kappa shape index (κ2) is 7.34. The van der Waals surface area contributed by atoms with Crippen molar-refractivity contribution in [2.45, 2.75) is 71.3 Å². The third kappa shape index (κ3) is 3.76. The first-order chi connectivity index (χ1) is 9.24. The molecule has 1 aromatic heterocycles. The van der Waals surface area contributed by atoms with Crippen LogP contribution in [-0.2, 0) is 0 Å². The molecule has 0 aliphatic heterocycles. The maximum Gasteiger partial charge on any atom is 0.0829 e. The molecule has 1 aromatic rings. The Kier molecular flexibility index (Phi) is 5.76. The van der Waals surface area contributed by atoms with Gasteiger partial charge in [-0.15, -0.1) is 5.10 Å². The monoisotopic (exact) mass is 281 g/mol. The lowest BCUT2D eigenvalue weighted by Crippen LogP contribution is -2.28. The van der Waals surface area contributed by atoms with Crippen LogP contribution in [0.15, 0.2) is 0 Å². The topological polar surface area (TPSA) is 37.8 Å². The van der Waals surface area contributed by atoms with Gasteiger partial charge in [-0.2, -0.15) is 0 Å². The average Bonchev–Trinajstić information content (AvgIpc) is 2.72. The molecule has 2 rings (SSSR count). The van der Waals surface area contributed by atoms with Crippen LogP contribution in [0.3, 0.4) is 0 Å². The van der Waals surface area contributed by atoms with Gasteiger partial charge in [-0.05, 0) is 42.8 Å². The fraction of sp³-hybridized carbons (Fsp3) is 0.867. The summed E-state index contributed by atoms with van der Waals surface area (Å²) < 4.78 is 4.22. The Morgan fingerprint density at radius 1 is 1.21 bits per heavy atom. The van der Waals surface area contributed by atoms with Crippen molar-refractivity contribution in [3.05, 3.63) is 10.6 Å². The fourth-order valence-corrected chi connectivity index (χ4v) is 4.13. The maximum atomic E-state index is 4.37. The minimum Gasteiger partial charge on any atom is -0.309 e. The number of aromatic nitrogens is 2. The van der Waals surface area contributed by atoms with Crippen LogP contribution in [0, 0.1) is 5.92 Å². The summed E-state index contributed by atoms with van der Waals surface area (Å²) in [5.41, 5.74) is 1.21. The Morgan fingerprint density at radius 3 is 2.47 bits per heavy atom. The molecule has 19 heavy (non-hydrogen) atoms. The number of hydrogen-bond acceptors (Lipinski definition) is 4. The molecular formula is C15H27N3S. The van der Waals surface area contributed by atoms with Crippen molar-refractivity contribution in [1.82, 2.24) is 14.9 Å². The molecule has 0 aromatic carbocycles. The molecule has 0 radical (unpaired) electrons. The molecule has 108 valence electrons. The van der Waals surface area contributed by atoms with Crippen LogP contribution in [0.25, 0.3) is 0 Å². The van der Waals surface area contributed by atoms with E-state index in [4.69, 9.17) is 0 Å². The first kappa shape index (κ1) is 14.9. The van der Waals surface area contributed by atoms with Crippen molar-refractivity contribution >= 4 is 11.5 Å². The molecule has 3 nitrogen and oxygen atoms in total. The third-order valence-electron chi connectivity index (χ3n) is 4.16. The van der Waals surface area contributed by atoms with E-state index in [1.165, 1.54) is 49.1 Å². The summed E-state index contributed by atoms with van der Waals surface area (Å²) in [7, 11) is 0. The standard InChI is InChI=1S/C15H27N3S/c1-4-16-14(12-9-7-5-6-8-10-12)15-13(11(2)3)17-18-19-15/h11-12,14,16H,4-10H2,1-3H3. The number of rotatable bonds is 5. The lowest BCUT2D eigenvalue weighted by atomic mass is 9.89. The summed E-state index contributed by atoms with van der Waals surface area (Å²) in [5.74, 6) is 1.24. The smallest absolute Gasteiger partial charge is 0.0829 e. The largest absolute Gasteiger partial charge is 0.309 e. The summed E-state index contributed by atoms with van der Waals surface area (Å²) in [6.45, 7) is 7.66. The van der Waals surface area contributed by atoms with E-state index in [9.17, 15) is 0 Å². The summed E-state index contributed by atoms with van der Waals surface area (Å²) in [6.07, 6.45) is 8.30. The van der Waals surface area contributed by atoms with Gasteiger partial charge in [0.15, 0.2) is 0 Å². The summed E-state index contributed by atoms with van der Waals surface area (Å²) in [5, 5.41) is 8.07. The van der Waals surface area contributed by atoms with Gasteiger partial charge in [-0.25, -0.2) is 0 Å². The summed E-state index contributed by atoms with van der Waals surface area (Å²) in [4.78, 5) is 1.39. The van der Waals surface area contributed by atoms with Gasteiger partial charge in [0.25, 0.3) is 0 Å². The molecule has 1 N–H and O–H groups in total. The van der Waals surface area contributed by atoms with Crippen LogP contribution >= 0.6 is 11.5 Å². The molecule has 0 bridgehead atoms. The van der Waals surface area contributed by atoms with Crippen molar-refractivity contribution in [2.24, 2.45) is 5.92 Å². The van der Waals surface area contributed by atoms with Crippen molar-refractivity contribution in [3.8, 4) is 0 Å². The van der Waals surface area contributed by atoms with E-state index >= 15 is 0 Å². The van der Waals surface area contributed by atoms with E-state index < -0.39 is 0 Å². The first-order valence-electron chi connectivity index (χ1n) is 7.79. The van der Waals surface area contributed by atoms with Crippen LogP contribution in [0.1, 0.15) is 81.8 Å². The van der Waals surface area contributed by atoms with E-state index in [-0.39, 0.29) is 0 Å². The van der Waals surface area contributed by atoms with Gasteiger partial charge in [0, 0.05) is 6.04 Å². The van der Waals surface area contributed by atoms with Gasteiger partial charge in [-0.1, -0.05) is 50.9 Å². The highest BCUT2D eigenvalue weighted by atomic mass is 32.1. The van der Waals surface area contributed by atoms with Crippen LogP contribution in [0.2, 0.25) is 0 Å². The highest BCUT2D eigenvalue weighted by molar-refractivity contribution is 7.05. The van der Waals surface area contributed by atoms with Gasteiger partial charge in [0.05, 0.1) is 10.6 Å². The van der Waals surface area contributed by atoms with Gasteiger partial charge >= 0.3 is 0 Å². The second-order valence-electron chi connectivity index (χ2n) is 5.96. The number of nitrogens with zero attached hydrogens (tertiary/aromatic N) is 2. The Morgan fingerprint density at radius 2 is 1.89 bits per heavy atom. The zero-order valence-electron chi connectivity index (χ0n) is 12.5. The molecule has 1 unspecified atom stereocenters. The normalized spacial score (nSPS) is 19.6. The quantitative estimate of drug-likeness (QED) is 0.818. The third-order valence-corrected chi connectivity index (χ3v) is 4.99. The maximum absolute atomic E-state index is 4.37. The Bertz CT molecular complexity index is 367. The Balaban J connectivity index is 2.20. The molecule has 1 aliphatic carbocycles. The van der Waals surface area contributed by atoms with Gasteiger partial charge < -0.3 is 5.32 Å². The molecule has 4 heteroatoms.